The molecule has 3 rings (SSSR count). The van der Waals surface area contributed by atoms with Gasteiger partial charge in [0.1, 0.15) is 5.70 Å². The molecule has 1 aliphatic carbocycles. The molecule has 1 saturated carbocycles. The number of nitrogens with zero attached hydrogens (tertiary/aromatic N) is 3. The van der Waals surface area contributed by atoms with Gasteiger partial charge in [0.05, 0.1) is 13.2 Å². The van der Waals surface area contributed by atoms with Crippen molar-refractivity contribution in [1.29, 1.82) is 0 Å². The van der Waals surface area contributed by atoms with Crippen LogP contribution >= 0.6 is 0 Å². The second kappa shape index (κ2) is 8.46. The predicted molar refractivity (Wildman–Crippen MR) is 97.5 cm³/mol. The lowest BCUT2D eigenvalue weighted by Gasteiger charge is -2.04. The minimum atomic E-state index is -4.68. The molecule has 154 valence electrons. The van der Waals surface area contributed by atoms with E-state index in [1.807, 2.05) is 0 Å². The van der Waals surface area contributed by atoms with Gasteiger partial charge in [-0.1, -0.05) is 29.4 Å². The first-order valence-corrected chi connectivity index (χ1v) is 8.96. The number of alkyl halides is 3. The molecule has 0 aliphatic heterocycles. The molecule has 2 N–H and O–H groups in total. The lowest BCUT2D eigenvalue weighted by atomic mass is 10.1. The van der Waals surface area contributed by atoms with E-state index < -0.39 is 18.0 Å². The molecule has 1 aromatic heterocycles. The Bertz CT molecular complexity index is 929. The summed E-state index contributed by atoms with van der Waals surface area (Å²) in [5.41, 5.74) is 7.72. The van der Waals surface area contributed by atoms with E-state index in [9.17, 15) is 18.0 Å². The van der Waals surface area contributed by atoms with Gasteiger partial charge in [0.2, 0.25) is 5.82 Å². The molecule has 1 heterocycles. The fraction of sp³-hybridized carbons (Fsp3) is 0.368. The first-order chi connectivity index (χ1) is 13.8. The average molecular weight is 408 g/mol. The van der Waals surface area contributed by atoms with Crippen LogP contribution in [0, 0.1) is 5.92 Å². The molecule has 0 saturated heterocycles. The van der Waals surface area contributed by atoms with E-state index in [2.05, 4.69) is 19.7 Å². The lowest BCUT2D eigenvalue weighted by Crippen LogP contribution is -2.17. The Kier molecular flexibility index (Phi) is 6.00. The fourth-order valence-electron chi connectivity index (χ4n) is 2.50. The summed E-state index contributed by atoms with van der Waals surface area (Å²) in [6, 6.07) is 6.61. The number of carbonyl (C=O) groups is 1. The van der Waals surface area contributed by atoms with Crippen molar-refractivity contribution in [3.05, 3.63) is 47.5 Å². The number of benzene rings is 1. The quantitative estimate of drug-likeness (QED) is 0.427. The van der Waals surface area contributed by atoms with E-state index in [1.54, 1.807) is 37.3 Å². The van der Waals surface area contributed by atoms with Crippen molar-refractivity contribution in [2.75, 3.05) is 6.61 Å². The van der Waals surface area contributed by atoms with Gasteiger partial charge < -0.3 is 15.0 Å². The Labute approximate surface area is 164 Å². The van der Waals surface area contributed by atoms with Crippen LogP contribution in [0.5, 0.6) is 0 Å². The summed E-state index contributed by atoms with van der Waals surface area (Å²) in [6.45, 7) is 2.27. The first kappa shape index (κ1) is 20.6. The number of allylic oxidation sites excluding steroid dienone is 1. The number of aliphatic imine (C=N–C) groups is 1. The molecular weight excluding hydrogens is 389 g/mol. The minimum Gasteiger partial charge on any atom is -0.461 e. The van der Waals surface area contributed by atoms with Gasteiger partial charge in [0, 0.05) is 17.2 Å². The lowest BCUT2D eigenvalue weighted by molar-refractivity contribution is -0.159. The number of ether oxygens (including phenoxy) is 1. The molecule has 2 aromatic rings. The summed E-state index contributed by atoms with van der Waals surface area (Å²) >= 11 is 0. The average Bonchev–Trinajstić information content (AvgIpc) is 3.39. The Morgan fingerprint density at radius 3 is 2.59 bits per heavy atom. The second-order valence-corrected chi connectivity index (χ2v) is 6.45. The molecular formula is C19H19F3N4O3. The standard InChI is InChI=1S/C19H19F3N4O3/c1-2-28-17(27)14(23)9-15(12-7-8-12)24-10-11-3-5-13(6-4-11)16-25-18(29-26-16)19(20,21)22/h3-6,9,12H,2,7-8,10,23H2,1H3. The van der Waals surface area contributed by atoms with Gasteiger partial charge in [0.15, 0.2) is 0 Å². The van der Waals surface area contributed by atoms with E-state index in [1.165, 1.54) is 0 Å². The smallest absolute Gasteiger partial charge is 0.461 e. The zero-order valence-electron chi connectivity index (χ0n) is 15.6. The zero-order chi connectivity index (χ0) is 21.0. The number of aromatic nitrogens is 2. The highest BCUT2D eigenvalue weighted by atomic mass is 19.4. The number of hydrogen-bond donors (Lipinski definition) is 1. The molecule has 1 aliphatic rings. The maximum atomic E-state index is 12.6. The van der Waals surface area contributed by atoms with Crippen LogP contribution in [0.3, 0.4) is 0 Å². The van der Waals surface area contributed by atoms with Gasteiger partial charge in [-0.15, -0.1) is 0 Å². The fourth-order valence-corrected chi connectivity index (χ4v) is 2.50. The van der Waals surface area contributed by atoms with E-state index in [4.69, 9.17) is 10.5 Å². The molecule has 0 unspecified atom stereocenters. The second-order valence-electron chi connectivity index (χ2n) is 6.45. The third kappa shape index (κ3) is 5.43. The maximum absolute atomic E-state index is 12.6. The summed E-state index contributed by atoms with van der Waals surface area (Å²) in [4.78, 5) is 19.6. The number of esters is 1. The monoisotopic (exact) mass is 408 g/mol. The van der Waals surface area contributed by atoms with Crippen molar-refractivity contribution >= 4 is 11.7 Å². The van der Waals surface area contributed by atoms with Crippen molar-refractivity contribution in [2.24, 2.45) is 16.6 Å². The molecule has 0 atom stereocenters. The van der Waals surface area contributed by atoms with Crippen molar-refractivity contribution in [1.82, 2.24) is 10.1 Å². The largest absolute Gasteiger partial charge is 0.471 e. The van der Waals surface area contributed by atoms with Gasteiger partial charge in [0.25, 0.3) is 0 Å². The minimum absolute atomic E-state index is 0.00502. The number of nitrogens with two attached hydrogens (primary N) is 1. The van der Waals surface area contributed by atoms with Crippen molar-refractivity contribution < 1.29 is 27.2 Å². The normalized spacial score (nSPS) is 15.4. The highest BCUT2D eigenvalue weighted by Crippen LogP contribution is 2.32. The maximum Gasteiger partial charge on any atom is 0.471 e. The number of rotatable bonds is 7. The first-order valence-electron chi connectivity index (χ1n) is 8.96. The van der Waals surface area contributed by atoms with Crippen LogP contribution < -0.4 is 5.73 Å². The van der Waals surface area contributed by atoms with Crippen LogP contribution in [0.2, 0.25) is 0 Å². The third-order valence-electron chi connectivity index (χ3n) is 4.14. The SMILES string of the molecule is CCOC(=O)C(N)=CC(=NCc1ccc(-c2noc(C(F)(F)F)n2)cc1)C1CC1. The molecule has 0 amide bonds. The number of carbonyl (C=O) groups excluding carboxylic acids is 1. The van der Waals surface area contributed by atoms with Crippen molar-refractivity contribution in [3.8, 4) is 11.4 Å². The Morgan fingerprint density at radius 1 is 1.34 bits per heavy atom. The summed E-state index contributed by atoms with van der Waals surface area (Å²) in [5, 5.41) is 3.35. The van der Waals surface area contributed by atoms with Crippen LogP contribution in [0.4, 0.5) is 13.2 Å². The van der Waals surface area contributed by atoms with Crippen molar-refractivity contribution in [2.45, 2.75) is 32.5 Å². The number of halogens is 3. The van der Waals surface area contributed by atoms with Crippen LogP contribution in [0.1, 0.15) is 31.2 Å². The van der Waals surface area contributed by atoms with E-state index in [0.717, 1.165) is 24.1 Å². The van der Waals surface area contributed by atoms with Crippen LogP contribution in [-0.2, 0) is 22.3 Å². The predicted octanol–water partition coefficient (Wildman–Crippen LogP) is 3.51. The van der Waals surface area contributed by atoms with E-state index in [-0.39, 0.29) is 24.0 Å². The van der Waals surface area contributed by atoms with Crippen LogP contribution in [0.15, 0.2) is 45.6 Å². The molecule has 1 aromatic carbocycles. The van der Waals surface area contributed by atoms with Gasteiger partial charge in [-0.2, -0.15) is 18.2 Å². The highest BCUT2D eigenvalue weighted by molar-refractivity contribution is 6.04. The van der Waals surface area contributed by atoms with Crippen molar-refractivity contribution in [3.63, 3.8) is 0 Å². The molecule has 0 radical (unpaired) electrons. The van der Waals surface area contributed by atoms with Crippen LogP contribution in [0.25, 0.3) is 11.4 Å². The Morgan fingerprint density at radius 2 is 2.03 bits per heavy atom. The van der Waals surface area contributed by atoms with E-state index in [0.29, 0.717) is 12.1 Å². The van der Waals surface area contributed by atoms with Gasteiger partial charge in [-0.25, -0.2) is 4.79 Å². The summed E-state index contributed by atoms with van der Waals surface area (Å²) in [6.07, 6.45) is -1.19. The molecule has 1 fully saturated rings. The van der Waals surface area contributed by atoms with Crippen LogP contribution in [-0.4, -0.2) is 28.4 Å². The summed E-state index contributed by atoms with van der Waals surface area (Å²) in [5.74, 6) is -1.84. The molecule has 10 heteroatoms. The van der Waals surface area contributed by atoms with Gasteiger partial charge in [-0.3, -0.25) is 4.99 Å². The van der Waals surface area contributed by atoms with Gasteiger partial charge in [-0.05, 0) is 31.4 Å². The van der Waals surface area contributed by atoms with Gasteiger partial charge >= 0.3 is 18.0 Å². The summed E-state index contributed by atoms with van der Waals surface area (Å²) < 4.78 is 46.8. The highest BCUT2D eigenvalue weighted by Gasteiger charge is 2.38. The molecule has 29 heavy (non-hydrogen) atoms. The Balaban J connectivity index is 1.70. The number of hydrogen-bond acceptors (Lipinski definition) is 7. The Hall–Kier alpha value is -3.17. The third-order valence-corrected chi connectivity index (χ3v) is 4.14. The topological polar surface area (TPSA) is 104 Å². The van der Waals surface area contributed by atoms with E-state index >= 15 is 0 Å². The molecule has 0 spiro atoms. The molecule has 7 nitrogen and oxygen atoms in total. The molecule has 0 bridgehead atoms. The summed E-state index contributed by atoms with van der Waals surface area (Å²) in [7, 11) is 0. The zero-order valence-corrected chi connectivity index (χ0v) is 15.6.